The van der Waals surface area contributed by atoms with Crippen molar-refractivity contribution in [2.24, 2.45) is 0 Å². The zero-order chi connectivity index (χ0) is 33.9. The first-order chi connectivity index (χ1) is 24.7. The summed E-state index contributed by atoms with van der Waals surface area (Å²) < 4.78 is 3.53. The van der Waals surface area contributed by atoms with Crippen LogP contribution in [0.4, 0.5) is 0 Å². The summed E-state index contributed by atoms with van der Waals surface area (Å²) in [5.74, 6) is 0. The van der Waals surface area contributed by atoms with Gasteiger partial charge in [-0.2, -0.15) is 0 Å². The van der Waals surface area contributed by atoms with E-state index >= 15 is 0 Å². The molecule has 256 valence electrons. The second kappa shape index (κ2) is 17.2. The van der Waals surface area contributed by atoms with Crippen LogP contribution in [-0.2, 0) is 20.4 Å². The molecule has 0 nitrogen and oxygen atoms in total. The normalized spacial score (nSPS) is 14.0. The first-order valence-corrected chi connectivity index (χ1v) is 26.3. The molecule has 4 heteroatoms. The van der Waals surface area contributed by atoms with Crippen molar-refractivity contribution in [3.63, 3.8) is 0 Å². The van der Waals surface area contributed by atoms with Crippen LogP contribution >= 0.6 is 24.8 Å². The Morgan fingerprint density at radius 2 is 0.558 bits per heavy atom. The summed E-state index contributed by atoms with van der Waals surface area (Å²) >= 11 is -2.60. The van der Waals surface area contributed by atoms with E-state index in [2.05, 4.69) is 195 Å². The fourth-order valence-corrected chi connectivity index (χ4v) is 25.8. The number of benzene rings is 6. The van der Waals surface area contributed by atoms with E-state index in [0.717, 1.165) is 12.8 Å². The summed E-state index contributed by atoms with van der Waals surface area (Å²) in [5.41, 5.74) is 16.2. The van der Waals surface area contributed by atoms with E-state index in [9.17, 15) is 0 Å². The molecule has 0 aliphatic heterocycles. The molecular weight excluding hydrogens is 767 g/mol. The third-order valence-corrected chi connectivity index (χ3v) is 27.0. The van der Waals surface area contributed by atoms with E-state index < -0.39 is 25.8 Å². The van der Waals surface area contributed by atoms with Gasteiger partial charge in [0.25, 0.3) is 0 Å². The van der Waals surface area contributed by atoms with Gasteiger partial charge in [-0.3, -0.25) is 0 Å². The fourth-order valence-electron chi connectivity index (χ4n) is 7.99. The Hall–Kier alpha value is -4.04. The van der Waals surface area contributed by atoms with Gasteiger partial charge in [0.2, 0.25) is 0 Å². The van der Waals surface area contributed by atoms with Crippen molar-refractivity contribution in [2.45, 2.75) is 25.9 Å². The van der Waals surface area contributed by atoms with Crippen molar-refractivity contribution in [3.05, 3.63) is 222 Å². The van der Waals surface area contributed by atoms with Crippen LogP contribution in [0.1, 0.15) is 46.2 Å². The van der Waals surface area contributed by atoms with Crippen molar-refractivity contribution in [3.8, 4) is 0 Å². The van der Waals surface area contributed by atoms with Crippen molar-refractivity contribution in [2.75, 3.05) is 0 Å². The van der Waals surface area contributed by atoms with Gasteiger partial charge < -0.3 is 0 Å². The number of allylic oxidation sites excluding steroid dienone is 8. The third kappa shape index (κ3) is 7.41. The Balaban J connectivity index is 0.00000232. The van der Waals surface area contributed by atoms with Gasteiger partial charge in [-0.25, -0.2) is 0 Å². The average molecular weight is 809 g/mol. The molecule has 6 aromatic rings. The Morgan fingerprint density at radius 1 is 0.327 bits per heavy atom. The summed E-state index contributed by atoms with van der Waals surface area (Å²) in [6.07, 6.45) is 2.05. The molecule has 0 amide bonds. The Labute approximate surface area is 329 Å². The second-order valence-corrected chi connectivity index (χ2v) is 30.5. The Morgan fingerprint density at radius 3 is 0.808 bits per heavy atom. The molecule has 0 atom stereocenters. The molecular formula is C48H42Cl2SiZr. The van der Waals surface area contributed by atoms with E-state index in [4.69, 9.17) is 0 Å². The molecule has 8 rings (SSSR count). The topological polar surface area (TPSA) is 0 Å². The van der Waals surface area contributed by atoms with E-state index in [1.807, 2.05) is 0 Å². The number of rotatable bonds is 8. The van der Waals surface area contributed by atoms with Crippen molar-refractivity contribution in [1.29, 1.82) is 0 Å². The molecule has 0 spiro atoms. The van der Waals surface area contributed by atoms with Gasteiger partial charge in [-0.15, -0.1) is 24.8 Å². The van der Waals surface area contributed by atoms with Crippen LogP contribution in [0.2, 0.25) is 13.1 Å². The minimum absolute atomic E-state index is 0. The summed E-state index contributed by atoms with van der Waals surface area (Å²) in [6.45, 7) is 5.24. The minimum atomic E-state index is -2.60. The molecule has 0 heterocycles. The summed E-state index contributed by atoms with van der Waals surface area (Å²) in [5, 5.41) is 0. The van der Waals surface area contributed by atoms with Crippen LogP contribution in [0, 0.1) is 0 Å². The first kappa shape index (κ1) is 37.7. The molecule has 0 unspecified atom stereocenters. The number of halogens is 2. The fraction of sp³-hybridized carbons (Fsp3) is 0.0833. The maximum atomic E-state index is 2.62. The Kier molecular flexibility index (Phi) is 12.5. The molecule has 2 aliphatic rings. The second-order valence-electron chi connectivity index (χ2n) is 13.3. The number of hydrogen-bond acceptors (Lipinski definition) is 0. The van der Waals surface area contributed by atoms with Crippen LogP contribution < -0.4 is 0 Å². The van der Waals surface area contributed by atoms with Gasteiger partial charge in [-0.1, -0.05) is 0 Å². The first-order valence-electron chi connectivity index (χ1n) is 17.6. The van der Waals surface area contributed by atoms with Crippen LogP contribution in [0.15, 0.2) is 189 Å². The molecule has 0 aromatic heterocycles. The molecule has 2 aliphatic carbocycles. The third-order valence-electron chi connectivity index (χ3n) is 10.0. The van der Waals surface area contributed by atoms with Crippen molar-refractivity contribution >= 4 is 63.7 Å². The molecule has 0 radical (unpaired) electrons. The molecule has 0 N–H and O–H groups in total. The minimum Gasteiger partial charge on any atom is -0.147 e. The monoisotopic (exact) mass is 806 g/mol. The van der Waals surface area contributed by atoms with Crippen LogP contribution in [-0.4, -0.2) is 5.43 Å². The summed E-state index contributed by atoms with van der Waals surface area (Å²) in [6, 6.07) is 67.4. The van der Waals surface area contributed by atoms with Gasteiger partial charge in [0.1, 0.15) is 0 Å². The quantitative estimate of drug-likeness (QED) is 0.134. The molecule has 6 aromatic carbocycles. The summed E-state index contributed by atoms with van der Waals surface area (Å²) in [4.78, 5) is 0. The zero-order valence-corrected chi connectivity index (χ0v) is 34.6. The molecule has 0 fully saturated rings. The van der Waals surface area contributed by atoms with Gasteiger partial charge in [0.05, 0.1) is 0 Å². The molecule has 52 heavy (non-hydrogen) atoms. The van der Waals surface area contributed by atoms with Crippen LogP contribution in [0.3, 0.4) is 0 Å². The predicted octanol–water partition coefficient (Wildman–Crippen LogP) is 13.6. The Bertz CT molecular complexity index is 2160. The number of hydrogen-bond donors (Lipinski definition) is 0. The van der Waals surface area contributed by atoms with E-state index in [1.54, 1.807) is 6.56 Å². The van der Waals surface area contributed by atoms with E-state index in [-0.39, 0.29) is 24.8 Å². The van der Waals surface area contributed by atoms with E-state index in [1.165, 1.54) is 66.8 Å². The SMILES string of the molecule is C[Si](C)=[Zr]([C]1=C(c2ccccc2)C(c2ccccc2)=C(c2ccccc2)C1)[C]1=C(c2ccccc2)C(c2ccccc2)=C(c2ccccc2)C1.Cl.Cl. The van der Waals surface area contributed by atoms with Crippen LogP contribution in [0.5, 0.6) is 0 Å². The van der Waals surface area contributed by atoms with Gasteiger partial charge in [-0.05, 0) is 0 Å². The maximum Gasteiger partial charge on any atom is -0.147 e. The van der Waals surface area contributed by atoms with E-state index in [0.29, 0.717) is 0 Å². The summed E-state index contributed by atoms with van der Waals surface area (Å²) in [7, 11) is 0. The molecule has 0 saturated heterocycles. The predicted molar refractivity (Wildman–Crippen MR) is 227 cm³/mol. The maximum absolute atomic E-state index is 2.62. The van der Waals surface area contributed by atoms with Gasteiger partial charge >= 0.3 is 307 Å². The van der Waals surface area contributed by atoms with Gasteiger partial charge in [0.15, 0.2) is 0 Å². The van der Waals surface area contributed by atoms with Crippen molar-refractivity contribution in [1.82, 2.24) is 0 Å². The molecule has 0 saturated carbocycles. The van der Waals surface area contributed by atoms with Crippen molar-refractivity contribution < 1.29 is 20.4 Å². The standard InChI is InChI=1S/2C23H17.C2H6Si.2ClH.Zr/c2*1-4-10-18(11-5-1)21-16-17-22(19-12-6-2-7-13-19)23(21)20-14-8-3-9-15-20;1-3-2;;;/h2*1-15H,16H2;1-2H3;2*1H;. The largest absolute Gasteiger partial charge is 0.147 e. The zero-order valence-electron chi connectivity index (χ0n) is 29.6. The molecule has 0 bridgehead atoms. The average Bonchev–Trinajstić information content (AvgIpc) is 3.77. The van der Waals surface area contributed by atoms with Crippen LogP contribution in [0.25, 0.3) is 33.4 Å². The van der Waals surface area contributed by atoms with Gasteiger partial charge in [0, 0.05) is 0 Å². The smallest absolute Gasteiger partial charge is 0.147 e.